The van der Waals surface area contributed by atoms with Crippen molar-refractivity contribution in [1.29, 1.82) is 0 Å². The molecule has 1 amide bonds. The molecule has 2 unspecified atom stereocenters. The molecule has 1 fully saturated rings. The molecule has 0 aromatic heterocycles. The molecule has 0 spiro atoms. The molecule has 4 heteroatoms. The lowest BCUT2D eigenvalue weighted by atomic mass is 10.1. The first-order chi connectivity index (χ1) is 7.78. The van der Waals surface area contributed by atoms with Crippen molar-refractivity contribution in [2.24, 2.45) is 23.2 Å². The Morgan fingerprint density at radius 3 is 2.29 bits per heavy atom. The number of carboxylic acids is 1. The van der Waals surface area contributed by atoms with Crippen LogP contribution in [-0.4, -0.2) is 23.5 Å². The van der Waals surface area contributed by atoms with E-state index in [9.17, 15) is 9.59 Å². The summed E-state index contributed by atoms with van der Waals surface area (Å²) in [6, 6.07) is 0. The van der Waals surface area contributed by atoms with Gasteiger partial charge in [0, 0.05) is 6.54 Å². The van der Waals surface area contributed by atoms with Crippen LogP contribution in [-0.2, 0) is 9.59 Å². The number of hydrogen-bond acceptors (Lipinski definition) is 2. The van der Waals surface area contributed by atoms with Gasteiger partial charge in [0.1, 0.15) is 0 Å². The van der Waals surface area contributed by atoms with E-state index in [1.54, 1.807) is 0 Å². The molecule has 0 heterocycles. The van der Waals surface area contributed by atoms with Crippen LogP contribution in [0.1, 0.15) is 40.5 Å². The molecule has 0 radical (unpaired) electrons. The van der Waals surface area contributed by atoms with E-state index in [2.05, 4.69) is 19.2 Å². The summed E-state index contributed by atoms with van der Waals surface area (Å²) in [6.45, 7) is 8.61. The maximum absolute atomic E-state index is 11.8. The Morgan fingerprint density at radius 2 is 1.88 bits per heavy atom. The van der Waals surface area contributed by atoms with E-state index >= 15 is 0 Å². The highest BCUT2D eigenvalue weighted by Crippen LogP contribution is 2.58. The Balaban J connectivity index is 2.33. The number of nitrogens with one attached hydrogen (secondary N) is 1. The minimum atomic E-state index is -0.864. The van der Waals surface area contributed by atoms with Crippen molar-refractivity contribution >= 4 is 11.9 Å². The minimum absolute atomic E-state index is 0.105. The number of hydrogen-bond donors (Lipinski definition) is 2. The highest BCUT2D eigenvalue weighted by Gasteiger charge is 2.65. The predicted molar refractivity (Wildman–Crippen MR) is 65.5 cm³/mol. The van der Waals surface area contributed by atoms with Crippen molar-refractivity contribution in [2.75, 3.05) is 6.54 Å². The highest BCUT2D eigenvalue weighted by molar-refractivity contribution is 5.91. The maximum atomic E-state index is 11.8. The van der Waals surface area contributed by atoms with Crippen molar-refractivity contribution in [1.82, 2.24) is 5.32 Å². The molecular weight excluding hydrogens is 218 g/mol. The molecule has 1 aliphatic carbocycles. The predicted octanol–water partition coefficient (Wildman–Crippen LogP) is 1.90. The molecule has 2 atom stereocenters. The van der Waals surface area contributed by atoms with E-state index in [4.69, 9.17) is 5.11 Å². The molecule has 1 saturated carbocycles. The molecule has 1 aliphatic rings. The third-order valence-corrected chi connectivity index (χ3v) is 3.63. The van der Waals surface area contributed by atoms with Crippen LogP contribution in [0.15, 0.2) is 0 Å². The average molecular weight is 241 g/mol. The highest BCUT2D eigenvalue weighted by atomic mass is 16.4. The number of carbonyl (C=O) groups excluding carboxylic acids is 1. The molecule has 0 aromatic rings. The van der Waals surface area contributed by atoms with Gasteiger partial charge in [0.15, 0.2) is 0 Å². The zero-order valence-corrected chi connectivity index (χ0v) is 11.1. The van der Waals surface area contributed by atoms with Gasteiger partial charge in [-0.2, -0.15) is 0 Å². The molecule has 0 aliphatic heterocycles. The second-order valence-electron chi connectivity index (χ2n) is 5.94. The fourth-order valence-electron chi connectivity index (χ4n) is 2.42. The zero-order chi connectivity index (χ0) is 13.2. The van der Waals surface area contributed by atoms with E-state index in [0.29, 0.717) is 12.5 Å². The van der Waals surface area contributed by atoms with Crippen LogP contribution < -0.4 is 5.32 Å². The van der Waals surface area contributed by atoms with Crippen molar-refractivity contribution < 1.29 is 14.7 Å². The second-order valence-corrected chi connectivity index (χ2v) is 5.94. The van der Waals surface area contributed by atoms with Gasteiger partial charge >= 0.3 is 5.97 Å². The Kier molecular flexibility index (Phi) is 4.17. The van der Waals surface area contributed by atoms with Crippen LogP contribution in [0.2, 0.25) is 0 Å². The first-order valence-electron chi connectivity index (χ1n) is 6.29. The van der Waals surface area contributed by atoms with E-state index in [1.807, 2.05) is 13.8 Å². The first-order valence-corrected chi connectivity index (χ1v) is 6.29. The van der Waals surface area contributed by atoms with E-state index in [1.165, 1.54) is 0 Å². The Morgan fingerprint density at radius 1 is 1.29 bits per heavy atom. The molecule has 0 saturated heterocycles. The van der Waals surface area contributed by atoms with Gasteiger partial charge in [-0.05, 0) is 24.2 Å². The molecule has 1 rings (SSSR count). The third kappa shape index (κ3) is 3.20. The molecular formula is C13H23NO3. The summed E-state index contributed by atoms with van der Waals surface area (Å²) in [5, 5.41) is 11.8. The van der Waals surface area contributed by atoms with Crippen molar-refractivity contribution in [3.05, 3.63) is 0 Å². The van der Waals surface area contributed by atoms with Crippen LogP contribution in [0.4, 0.5) is 0 Å². The smallest absolute Gasteiger partial charge is 0.307 e. The number of carbonyl (C=O) groups is 2. The van der Waals surface area contributed by atoms with Gasteiger partial charge in [-0.1, -0.05) is 27.7 Å². The average Bonchev–Trinajstić information content (AvgIpc) is 2.76. The van der Waals surface area contributed by atoms with E-state index < -0.39 is 17.3 Å². The van der Waals surface area contributed by atoms with Crippen LogP contribution in [0.25, 0.3) is 0 Å². The topological polar surface area (TPSA) is 66.4 Å². The zero-order valence-electron chi connectivity index (χ0n) is 11.1. The number of carboxylic acid groups (broad SMARTS) is 1. The quantitative estimate of drug-likeness (QED) is 0.698. The minimum Gasteiger partial charge on any atom is -0.481 e. The lowest BCUT2D eigenvalue weighted by molar-refractivity contribution is -0.140. The number of rotatable bonds is 6. The van der Waals surface area contributed by atoms with Gasteiger partial charge in [0.2, 0.25) is 5.91 Å². The summed E-state index contributed by atoms with van der Waals surface area (Å²) in [4.78, 5) is 22.7. The molecule has 4 nitrogen and oxygen atoms in total. The summed E-state index contributed by atoms with van der Waals surface area (Å²) < 4.78 is 0. The third-order valence-electron chi connectivity index (χ3n) is 3.63. The fraction of sp³-hybridized carbons (Fsp3) is 0.846. The normalized spacial score (nSPS) is 25.7. The summed E-state index contributed by atoms with van der Waals surface area (Å²) in [7, 11) is 0. The number of amides is 1. The van der Waals surface area contributed by atoms with Gasteiger partial charge in [0.25, 0.3) is 0 Å². The van der Waals surface area contributed by atoms with Gasteiger partial charge in [-0.3, -0.25) is 9.59 Å². The number of aliphatic carboxylic acids is 1. The molecule has 0 bridgehead atoms. The van der Waals surface area contributed by atoms with Crippen LogP contribution in [0, 0.1) is 23.2 Å². The fourth-order valence-corrected chi connectivity index (χ4v) is 2.42. The maximum Gasteiger partial charge on any atom is 0.307 e. The SMILES string of the molecule is CC(C)CCCNC(=O)C1C(C(=O)O)C1(C)C. The van der Waals surface area contributed by atoms with Gasteiger partial charge in [-0.15, -0.1) is 0 Å². The lowest BCUT2D eigenvalue weighted by Gasteiger charge is -2.07. The monoisotopic (exact) mass is 241 g/mol. The summed E-state index contributed by atoms with van der Waals surface area (Å²) >= 11 is 0. The Bertz CT molecular complexity index is 310. The van der Waals surface area contributed by atoms with Gasteiger partial charge in [0.05, 0.1) is 11.8 Å². The van der Waals surface area contributed by atoms with Gasteiger partial charge in [-0.25, -0.2) is 0 Å². The van der Waals surface area contributed by atoms with Crippen LogP contribution in [0.5, 0.6) is 0 Å². The van der Waals surface area contributed by atoms with Crippen molar-refractivity contribution in [3.63, 3.8) is 0 Å². The summed E-state index contributed by atoms with van der Waals surface area (Å²) in [6.07, 6.45) is 2.03. The second kappa shape index (κ2) is 5.07. The molecule has 98 valence electrons. The van der Waals surface area contributed by atoms with Crippen molar-refractivity contribution in [3.8, 4) is 0 Å². The molecule has 0 aromatic carbocycles. The van der Waals surface area contributed by atoms with E-state index in [-0.39, 0.29) is 11.8 Å². The van der Waals surface area contributed by atoms with Gasteiger partial charge < -0.3 is 10.4 Å². The van der Waals surface area contributed by atoms with Crippen molar-refractivity contribution in [2.45, 2.75) is 40.5 Å². The Labute approximate surface area is 103 Å². The first kappa shape index (κ1) is 14.0. The lowest BCUT2D eigenvalue weighted by Crippen LogP contribution is -2.28. The molecule has 2 N–H and O–H groups in total. The Hall–Kier alpha value is -1.06. The van der Waals surface area contributed by atoms with Crippen LogP contribution in [0.3, 0.4) is 0 Å². The largest absolute Gasteiger partial charge is 0.481 e. The summed E-state index contributed by atoms with van der Waals surface area (Å²) in [5.41, 5.74) is -0.395. The van der Waals surface area contributed by atoms with Crippen LogP contribution >= 0.6 is 0 Å². The molecule has 17 heavy (non-hydrogen) atoms. The standard InChI is InChI=1S/C13H23NO3/c1-8(2)6-5-7-14-11(15)9-10(12(16)17)13(9,3)4/h8-10H,5-7H2,1-4H3,(H,14,15)(H,16,17). The van der Waals surface area contributed by atoms with E-state index in [0.717, 1.165) is 12.8 Å². The summed E-state index contributed by atoms with van der Waals surface area (Å²) in [5.74, 6) is -1.22.